The predicted molar refractivity (Wildman–Crippen MR) is 142 cm³/mol. The number of hydrogen-bond acceptors (Lipinski definition) is 1. The standard InChI is InChI=1S/C29H23Cl2N4/c30-24-14-13-23(27(31)15-24)18-33-19-32-34(20-33)16-21-9-11-22(12-10-21)17-35-28-7-3-1-5-25(28)26-6-2-4-8-29(26)35/h1-15,19-20H,16-18H2/q+1. The highest BCUT2D eigenvalue weighted by Crippen LogP contribution is 2.29. The van der Waals surface area contributed by atoms with Gasteiger partial charge in [-0.25, -0.2) is 4.57 Å². The van der Waals surface area contributed by atoms with Gasteiger partial charge in [0.25, 0.3) is 6.33 Å². The summed E-state index contributed by atoms with van der Waals surface area (Å²) in [5.41, 5.74) is 6.01. The summed E-state index contributed by atoms with van der Waals surface area (Å²) in [5, 5.41) is 8.41. The van der Waals surface area contributed by atoms with Gasteiger partial charge in [0.1, 0.15) is 6.54 Å². The molecule has 0 aliphatic heterocycles. The molecule has 2 aromatic heterocycles. The summed E-state index contributed by atoms with van der Waals surface area (Å²) in [6.07, 6.45) is 3.82. The van der Waals surface area contributed by atoms with Crippen molar-refractivity contribution in [1.82, 2.24) is 14.3 Å². The van der Waals surface area contributed by atoms with Gasteiger partial charge in [0.05, 0.1) is 6.54 Å². The Morgan fingerprint density at radius 1 is 0.714 bits per heavy atom. The lowest BCUT2D eigenvalue weighted by molar-refractivity contribution is -0.689. The first kappa shape index (κ1) is 21.9. The molecule has 0 spiro atoms. The summed E-state index contributed by atoms with van der Waals surface area (Å²) in [5.74, 6) is 0. The molecule has 35 heavy (non-hydrogen) atoms. The van der Waals surface area contributed by atoms with Gasteiger partial charge in [-0.2, -0.15) is 0 Å². The van der Waals surface area contributed by atoms with Gasteiger partial charge in [0.2, 0.25) is 6.33 Å². The lowest BCUT2D eigenvalue weighted by atomic mass is 10.1. The fraction of sp³-hybridized carbons (Fsp3) is 0.103. The molecule has 0 radical (unpaired) electrons. The van der Waals surface area contributed by atoms with Crippen molar-refractivity contribution in [3.8, 4) is 0 Å². The molecule has 0 aliphatic rings. The largest absolute Gasteiger partial charge is 0.336 e. The highest BCUT2D eigenvalue weighted by Gasteiger charge is 2.12. The van der Waals surface area contributed by atoms with E-state index in [1.807, 2.05) is 34.0 Å². The monoisotopic (exact) mass is 497 g/mol. The molecular weight excluding hydrogens is 475 g/mol. The van der Waals surface area contributed by atoms with E-state index in [1.54, 1.807) is 6.07 Å². The van der Waals surface area contributed by atoms with E-state index in [0.29, 0.717) is 23.1 Å². The van der Waals surface area contributed by atoms with E-state index in [2.05, 4.69) is 82.5 Å². The molecule has 2 heterocycles. The highest BCUT2D eigenvalue weighted by atomic mass is 35.5. The zero-order valence-electron chi connectivity index (χ0n) is 19.0. The lowest BCUT2D eigenvalue weighted by Gasteiger charge is -2.08. The first-order valence-electron chi connectivity index (χ1n) is 11.5. The van der Waals surface area contributed by atoms with Crippen molar-refractivity contribution in [2.24, 2.45) is 0 Å². The summed E-state index contributed by atoms with van der Waals surface area (Å²) < 4.78 is 6.36. The van der Waals surface area contributed by atoms with E-state index in [9.17, 15) is 0 Å². The molecule has 0 N–H and O–H groups in total. The van der Waals surface area contributed by atoms with Gasteiger partial charge in [-0.1, -0.05) is 89.9 Å². The number of hydrogen-bond donors (Lipinski definition) is 0. The summed E-state index contributed by atoms with van der Waals surface area (Å²) in [7, 11) is 0. The van der Waals surface area contributed by atoms with Crippen molar-refractivity contribution >= 4 is 45.0 Å². The molecule has 4 aromatic carbocycles. The molecule has 6 heteroatoms. The van der Waals surface area contributed by atoms with Crippen LogP contribution in [0.5, 0.6) is 0 Å². The minimum absolute atomic E-state index is 0.640. The Balaban J connectivity index is 1.19. The van der Waals surface area contributed by atoms with Crippen LogP contribution in [0.2, 0.25) is 10.0 Å². The molecule has 0 fully saturated rings. The van der Waals surface area contributed by atoms with Crippen molar-refractivity contribution in [3.05, 3.63) is 130 Å². The molecule has 0 bridgehead atoms. The second kappa shape index (κ2) is 9.21. The summed E-state index contributed by atoms with van der Waals surface area (Å²) in [4.78, 5) is 0. The molecule has 6 aromatic rings. The number of rotatable bonds is 6. The Morgan fingerprint density at radius 2 is 1.34 bits per heavy atom. The number of nitrogens with zero attached hydrogens (tertiary/aromatic N) is 4. The Bertz CT molecular complexity index is 1590. The van der Waals surface area contributed by atoms with Gasteiger partial charge in [-0.3, -0.25) is 0 Å². The van der Waals surface area contributed by atoms with Crippen LogP contribution < -0.4 is 4.57 Å². The number of fused-ring (bicyclic) bond motifs is 3. The first-order chi connectivity index (χ1) is 17.1. The Morgan fingerprint density at radius 3 is 2.00 bits per heavy atom. The van der Waals surface area contributed by atoms with Gasteiger partial charge in [-0.15, -0.1) is 4.68 Å². The maximum atomic E-state index is 6.32. The van der Waals surface area contributed by atoms with E-state index in [1.165, 1.54) is 32.9 Å². The third-order valence-electron chi connectivity index (χ3n) is 6.39. The van der Waals surface area contributed by atoms with Gasteiger partial charge < -0.3 is 4.57 Å². The van der Waals surface area contributed by atoms with Gasteiger partial charge in [0.15, 0.2) is 0 Å². The van der Waals surface area contributed by atoms with Crippen LogP contribution >= 0.6 is 23.2 Å². The molecule has 172 valence electrons. The molecule has 0 unspecified atom stereocenters. The quantitative estimate of drug-likeness (QED) is 0.234. The molecule has 0 saturated heterocycles. The molecule has 6 rings (SSSR count). The third-order valence-corrected chi connectivity index (χ3v) is 6.97. The van der Waals surface area contributed by atoms with Gasteiger partial charge >= 0.3 is 0 Å². The van der Waals surface area contributed by atoms with E-state index in [0.717, 1.165) is 12.1 Å². The van der Waals surface area contributed by atoms with Crippen LogP contribution in [0, 0.1) is 0 Å². The van der Waals surface area contributed by atoms with Crippen molar-refractivity contribution in [1.29, 1.82) is 0 Å². The van der Waals surface area contributed by atoms with Crippen LogP contribution in [0.4, 0.5) is 0 Å². The van der Waals surface area contributed by atoms with Crippen LogP contribution in [0.3, 0.4) is 0 Å². The SMILES string of the molecule is Clc1ccc(C[n+]2cnn(Cc3ccc(Cn4c5ccccc5c5ccccc54)cc3)c2)c(Cl)c1. The fourth-order valence-corrected chi connectivity index (χ4v) is 5.14. The normalized spacial score (nSPS) is 11.5. The van der Waals surface area contributed by atoms with Gasteiger partial charge in [0, 0.05) is 49.1 Å². The maximum absolute atomic E-state index is 6.32. The lowest BCUT2D eigenvalue weighted by Crippen LogP contribution is -2.31. The van der Waals surface area contributed by atoms with Crippen LogP contribution in [0.25, 0.3) is 21.8 Å². The molecule has 0 aliphatic carbocycles. The van der Waals surface area contributed by atoms with Crippen molar-refractivity contribution in [3.63, 3.8) is 0 Å². The first-order valence-corrected chi connectivity index (χ1v) is 12.3. The second-order valence-corrected chi connectivity index (χ2v) is 9.63. The smallest absolute Gasteiger partial charge is 0.265 e. The summed E-state index contributed by atoms with van der Waals surface area (Å²) >= 11 is 12.3. The average Bonchev–Trinajstić information content (AvgIpc) is 3.45. The van der Waals surface area contributed by atoms with E-state index in [-0.39, 0.29) is 0 Å². The summed E-state index contributed by atoms with van der Waals surface area (Å²) in [6.45, 7) is 2.18. The Hall–Kier alpha value is -3.60. The number of benzene rings is 4. The van der Waals surface area contributed by atoms with E-state index < -0.39 is 0 Å². The zero-order chi connectivity index (χ0) is 23.8. The van der Waals surface area contributed by atoms with Crippen molar-refractivity contribution in [2.45, 2.75) is 19.6 Å². The van der Waals surface area contributed by atoms with Gasteiger partial charge in [-0.05, 0) is 35.4 Å². The molecular formula is C29H23Cl2N4+. The fourth-order valence-electron chi connectivity index (χ4n) is 4.67. The summed E-state index contributed by atoms with van der Waals surface area (Å²) in [6, 6.07) is 31.6. The predicted octanol–water partition coefficient (Wildman–Crippen LogP) is 6.73. The average molecular weight is 498 g/mol. The zero-order valence-corrected chi connectivity index (χ0v) is 20.5. The number of para-hydroxylation sites is 2. The Kier molecular flexibility index (Phi) is 5.77. The van der Waals surface area contributed by atoms with Crippen LogP contribution in [0.15, 0.2) is 104 Å². The van der Waals surface area contributed by atoms with Crippen LogP contribution in [-0.2, 0) is 19.6 Å². The van der Waals surface area contributed by atoms with E-state index >= 15 is 0 Å². The van der Waals surface area contributed by atoms with Crippen LogP contribution in [-0.4, -0.2) is 14.3 Å². The topological polar surface area (TPSA) is 26.6 Å². The van der Waals surface area contributed by atoms with Crippen LogP contribution in [0.1, 0.15) is 16.7 Å². The minimum atomic E-state index is 0.640. The molecule has 0 atom stereocenters. The molecule has 0 amide bonds. The maximum Gasteiger partial charge on any atom is 0.265 e. The second-order valence-electron chi connectivity index (χ2n) is 8.79. The number of halogens is 2. The van der Waals surface area contributed by atoms with Crippen molar-refractivity contribution in [2.75, 3.05) is 0 Å². The number of aromatic nitrogens is 4. The molecule has 4 nitrogen and oxygen atoms in total. The minimum Gasteiger partial charge on any atom is -0.336 e. The highest BCUT2D eigenvalue weighted by molar-refractivity contribution is 6.35. The third kappa shape index (κ3) is 4.43. The molecule has 0 saturated carbocycles. The van der Waals surface area contributed by atoms with E-state index in [4.69, 9.17) is 23.2 Å². The Labute approximate surface area is 213 Å². The van der Waals surface area contributed by atoms with Crippen molar-refractivity contribution < 1.29 is 4.57 Å².